The second kappa shape index (κ2) is 8.48. The van der Waals surface area contributed by atoms with E-state index < -0.39 is 0 Å². The summed E-state index contributed by atoms with van der Waals surface area (Å²) in [6.07, 6.45) is 0.466. The van der Waals surface area contributed by atoms with Crippen LogP contribution in [0.1, 0.15) is 23.7 Å². The van der Waals surface area contributed by atoms with E-state index in [0.29, 0.717) is 18.1 Å². The molecule has 5 nitrogen and oxygen atoms in total. The number of nitrogens with one attached hydrogen (secondary N) is 2. The fraction of sp³-hybridized carbons (Fsp3) is 0.211. The number of aromatic amines is 1. The minimum atomic E-state index is -0.225. The topological polar surface area (TPSA) is 70.7 Å². The number of rotatable bonds is 7. The maximum absolute atomic E-state index is 12.2. The van der Waals surface area contributed by atoms with Crippen molar-refractivity contribution in [2.24, 2.45) is 0 Å². The third-order valence-electron chi connectivity index (χ3n) is 3.67. The van der Waals surface area contributed by atoms with E-state index in [0.717, 1.165) is 22.8 Å². The van der Waals surface area contributed by atoms with Crippen LogP contribution < -0.4 is 10.9 Å². The van der Waals surface area contributed by atoms with E-state index in [1.807, 2.05) is 54.2 Å². The van der Waals surface area contributed by atoms with Crippen molar-refractivity contribution in [3.63, 3.8) is 0 Å². The zero-order chi connectivity index (χ0) is 17.5. The molecule has 0 saturated carbocycles. The Morgan fingerprint density at radius 1 is 1.00 bits per heavy atom. The highest BCUT2D eigenvalue weighted by atomic mass is 32.2. The summed E-state index contributed by atoms with van der Waals surface area (Å²) in [5.74, 6) is 2.45. The third kappa shape index (κ3) is 4.93. The Labute approximate surface area is 150 Å². The number of hydrogen-bond donors (Lipinski definition) is 2. The molecule has 0 aliphatic carbocycles. The van der Waals surface area contributed by atoms with Crippen LogP contribution in [0.15, 0.2) is 59.4 Å². The first-order valence-corrected chi connectivity index (χ1v) is 9.33. The van der Waals surface area contributed by atoms with Gasteiger partial charge in [-0.2, -0.15) is 11.8 Å². The Balaban J connectivity index is 1.67. The minimum absolute atomic E-state index is 0.225. The van der Waals surface area contributed by atoms with Gasteiger partial charge in [-0.05, 0) is 29.0 Å². The van der Waals surface area contributed by atoms with Crippen LogP contribution in [-0.4, -0.2) is 20.9 Å². The van der Waals surface area contributed by atoms with Crippen LogP contribution in [0.5, 0.6) is 0 Å². The Bertz CT molecular complexity index is 863. The average Bonchev–Trinajstić information content (AvgIpc) is 2.64. The van der Waals surface area contributed by atoms with Gasteiger partial charge in [-0.3, -0.25) is 9.78 Å². The van der Waals surface area contributed by atoms with Crippen molar-refractivity contribution < 1.29 is 0 Å². The van der Waals surface area contributed by atoms with Crippen molar-refractivity contribution in [3.8, 4) is 0 Å². The molecule has 3 aromatic rings. The molecule has 1 aromatic heterocycles. The fourth-order valence-electron chi connectivity index (χ4n) is 2.36. The van der Waals surface area contributed by atoms with Gasteiger partial charge in [-0.25, -0.2) is 0 Å². The van der Waals surface area contributed by atoms with Crippen LogP contribution in [0.2, 0.25) is 0 Å². The molecule has 0 radical (unpaired) electrons. The molecule has 6 heteroatoms. The van der Waals surface area contributed by atoms with Crippen LogP contribution >= 0.6 is 11.8 Å². The molecule has 128 valence electrons. The van der Waals surface area contributed by atoms with Gasteiger partial charge in [-0.1, -0.05) is 49.4 Å². The molecule has 0 spiro atoms. The lowest BCUT2D eigenvalue weighted by molar-refractivity contribution is 0.874. The Morgan fingerprint density at radius 2 is 1.76 bits per heavy atom. The smallest absolute Gasteiger partial charge is 0.274 e. The number of hydrogen-bond acceptors (Lipinski definition) is 5. The summed E-state index contributed by atoms with van der Waals surface area (Å²) in [5, 5.41) is 11.2. The standard InChI is InChI=1S/C19H20N4OS/c1-2-25-13-15-8-10-16(11-9-15)20-19-21-18(24)17(22-23-19)12-14-6-4-3-5-7-14/h3-11H,2,12-13H2,1H3,(H2,20,21,23,24). The minimum Gasteiger partial charge on any atom is -0.324 e. The van der Waals surface area contributed by atoms with E-state index in [9.17, 15) is 4.79 Å². The van der Waals surface area contributed by atoms with Gasteiger partial charge in [-0.15, -0.1) is 10.2 Å². The summed E-state index contributed by atoms with van der Waals surface area (Å²) >= 11 is 1.88. The van der Waals surface area contributed by atoms with Crippen molar-refractivity contribution in [1.29, 1.82) is 0 Å². The van der Waals surface area contributed by atoms with Gasteiger partial charge in [0.05, 0.1) is 0 Å². The second-order valence-corrected chi connectivity index (χ2v) is 6.85. The molecule has 0 atom stereocenters. The van der Waals surface area contributed by atoms with Crippen molar-refractivity contribution >= 4 is 23.4 Å². The van der Waals surface area contributed by atoms with Crippen LogP contribution in [0.3, 0.4) is 0 Å². The average molecular weight is 352 g/mol. The number of H-pyrrole nitrogens is 1. The van der Waals surface area contributed by atoms with Crippen molar-refractivity contribution in [1.82, 2.24) is 15.2 Å². The molecule has 3 rings (SSSR count). The molecular weight excluding hydrogens is 332 g/mol. The molecule has 1 heterocycles. The van der Waals surface area contributed by atoms with Gasteiger partial charge in [0.25, 0.3) is 5.56 Å². The highest BCUT2D eigenvalue weighted by molar-refractivity contribution is 7.98. The summed E-state index contributed by atoms with van der Waals surface area (Å²) in [5.41, 5.74) is 3.35. The summed E-state index contributed by atoms with van der Waals surface area (Å²) in [6.45, 7) is 2.15. The predicted molar refractivity (Wildman–Crippen MR) is 103 cm³/mol. The van der Waals surface area contributed by atoms with Gasteiger partial charge in [0.2, 0.25) is 5.95 Å². The summed E-state index contributed by atoms with van der Waals surface area (Å²) in [4.78, 5) is 15.0. The number of nitrogens with zero attached hydrogens (tertiary/aromatic N) is 2. The van der Waals surface area contributed by atoms with E-state index >= 15 is 0 Å². The van der Waals surface area contributed by atoms with Crippen molar-refractivity contribution in [2.75, 3.05) is 11.1 Å². The summed E-state index contributed by atoms with van der Waals surface area (Å²) in [6, 6.07) is 17.8. The normalized spacial score (nSPS) is 10.6. The number of thioether (sulfide) groups is 1. The van der Waals surface area contributed by atoms with Crippen molar-refractivity contribution in [2.45, 2.75) is 19.1 Å². The summed E-state index contributed by atoms with van der Waals surface area (Å²) in [7, 11) is 0. The monoisotopic (exact) mass is 352 g/mol. The number of anilines is 2. The van der Waals surface area contributed by atoms with Crippen LogP contribution in [0, 0.1) is 0 Å². The van der Waals surface area contributed by atoms with E-state index in [1.165, 1.54) is 5.56 Å². The molecule has 0 bridgehead atoms. The molecule has 0 fully saturated rings. The van der Waals surface area contributed by atoms with E-state index in [-0.39, 0.29) is 5.56 Å². The first-order chi connectivity index (χ1) is 12.2. The SMILES string of the molecule is CCSCc1ccc(Nc2nnc(Cc3ccccc3)c(=O)[nH]2)cc1. The zero-order valence-corrected chi connectivity index (χ0v) is 14.8. The van der Waals surface area contributed by atoms with Gasteiger partial charge in [0.15, 0.2) is 0 Å². The third-order valence-corrected chi connectivity index (χ3v) is 4.61. The first kappa shape index (κ1) is 17.2. The lowest BCUT2D eigenvalue weighted by Crippen LogP contribution is -2.18. The fourth-order valence-corrected chi connectivity index (χ4v) is 2.99. The lowest BCUT2D eigenvalue weighted by atomic mass is 10.1. The number of benzene rings is 2. The highest BCUT2D eigenvalue weighted by Gasteiger charge is 2.06. The van der Waals surface area contributed by atoms with Gasteiger partial charge in [0, 0.05) is 17.9 Å². The number of aromatic nitrogens is 3. The van der Waals surface area contributed by atoms with Crippen LogP contribution in [-0.2, 0) is 12.2 Å². The lowest BCUT2D eigenvalue weighted by Gasteiger charge is -2.07. The Hall–Kier alpha value is -2.60. The summed E-state index contributed by atoms with van der Waals surface area (Å²) < 4.78 is 0. The maximum atomic E-state index is 12.2. The predicted octanol–water partition coefficient (Wildman–Crippen LogP) is 3.75. The van der Waals surface area contributed by atoms with E-state index in [2.05, 4.69) is 39.6 Å². The zero-order valence-electron chi connectivity index (χ0n) is 14.0. The largest absolute Gasteiger partial charge is 0.324 e. The van der Waals surface area contributed by atoms with Gasteiger partial charge < -0.3 is 5.32 Å². The maximum Gasteiger partial charge on any atom is 0.274 e. The van der Waals surface area contributed by atoms with Gasteiger partial charge >= 0.3 is 0 Å². The van der Waals surface area contributed by atoms with Crippen molar-refractivity contribution in [3.05, 3.63) is 81.8 Å². The van der Waals surface area contributed by atoms with E-state index in [1.54, 1.807) is 0 Å². The molecule has 0 aliphatic heterocycles. The molecule has 0 amide bonds. The molecule has 2 aromatic carbocycles. The van der Waals surface area contributed by atoms with Gasteiger partial charge in [0.1, 0.15) is 5.69 Å². The van der Waals surface area contributed by atoms with E-state index in [4.69, 9.17) is 0 Å². The molecule has 0 aliphatic rings. The highest BCUT2D eigenvalue weighted by Crippen LogP contribution is 2.16. The molecule has 0 unspecified atom stereocenters. The second-order valence-electron chi connectivity index (χ2n) is 5.57. The molecular formula is C19H20N4OS. The first-order valence-electron chi connectivity index (χ1n) is 8.18. The Kier molecular flexibility index (Phi) is 5.85. The van der Waals surface area contributed by atoms with Crippen LogP contribution in [0.25, 0.3) is 0 Å². The Morgan fingerprint density at radius 3 is 2.44 bits per heavy atom. The molecule has 25 heavy (non-hydrogen) atoms. The molecule has 2 N–H and O–H groups in total. The quantitative estimate of drug-likeness (QED) is 0.678. The molecule has 0 saturated heterocycles. The van der Waals surface area contributed by atoms with Crippen LogP contribution in [0.4, 0.5) is 11.6 Å².